The lowest BCUT2D eigenvalue weighted by atomic mass is 9.84. The van der Waals surface area contributed by atoms with Crippen LogP contribution in [-0.4, -0.2) is 85.9 Å². The second kappa shape index (κ2) is 16.6. The molecular weight excluding hydrogens is 600 g/mol. The zero-order chi connectivity index (χ0) is 33.1. The Hall–Kier alpha value is -4.68. The van der Waals surface area contributed by atoms with Gasteiger partial charge in [-0.3, -0.25) is 0 Å². The quantitative estimate of drug-likeness (QED) is 0.133. The lowest BCUT2D eigenvalue weighted by Crippen LogP contribution is -2.26. The standard InChI is InChI=1S/C34H38O12/c1-3-29(35)43-15-7-5-13-41-21-9-11-23(33(37)38)25(17-21)27-19-45-32-28(20-46-31(27)32)26-18-22(10-12-24(26)34(39)40)42-14-6-8-16-44-30(36)4-2/h3-4,9-12,17-18,27-28,31-32H,1-2,5-8,13-16,19-20H2,(H,37,38)(H,39,40)/t27-,28+,31-,32-/m1/s1. The summed E-state index contributed by atoms with van der Waals surface area (Å²) >= 11 is 0. The number of carboxylic acids is 2. The maximum absolute atomic E-state index is 12.1. The summed E-state index contributed by atoms with van der Waals surface area (Å²) in [6.45, 7) is 8.22. The number of esters is 2. The highest BCUT2D eigenvalue weighted by Gasteiger charge is 2.50. The summed E-state index contributed by atoms with van der Waals surface area (Å²) in [5.41, 5.74) is 1.22. The van der Waals surface area contributed by atoms with Crippen molar-refractivity contribution in [3.8, 4) is 11.5 Å². The van der Waals surface area contributed by atoms with Crippen LogP contribution in [0.15, 0.2) is 61.7 Å². The highest BCUT2D eigenvalue weighted by atomic mass is 16.6. The number of aromatic carboxylic acids is 2. The first-order valence-corrected chi connectivity index (χ1v) is 15.0. The number of carbonyl (C=O) groups is 4. The van der Waals surface area contributed by atoms with E-state index in [0.717, 1.165) is 12.2 Å². The molecule has 4 rings (SSSR count). The van der Waals surface area contributed by atoms with E-state index in [1.807, 2.05) is 0 Å². The van der Waals surface area contributed by atoms with Crippen LogP contribution in [0.25, 0.3) is 0 Å². The lowest BCUT2D eigenvalue weighted by molar-refractivity contribution is -0.138. The Morgan fingerprint density at radius 3 is 1.43 bits per heavy atom. The third-order valence-electron chi connectivity index (χ3n) is 7.80. The first kappa shape index (κ1) is 34.2. The molecule has 0 spiro atoms. The minimum absolute atomic E-state index is 0.103. The van der Waals surface area contributed by atoms with E-state index in [9.17, 15) is 29.4 Å². The maximum Gasteiger partial charge on any atom is 0.335 e. The molecule has 12 heteroatoms. The SMILES string of the molecule is C=CC(=O)OCCCCOc1ccc(C(=O)O)c([C@H]2CO[C@H]3[C@@H]2OC[C@H]3c2cc(OCCCCOC(=O)C=C)ccc2C(=O)O)c1. The molecule has 2 N–H and O–H groups in total. The topological polar surface area (TPSA) is 164 Å². The molecule has 0 aliphatic carbocycles. The molecule has 246 valence electrons. The summed E-state index contributed by atoms with van der Waals surface area (Å²) in [6, 6.07) is 9.54. The second-order valence-electron chi connectivity index (χ2n) is 10.8. The molecule has 2 aliphatic rings. The van der Waals surface area contributed by atoms with Crippen molar-refractivity contribution in [2.24, 2.45) is 0 Å². The number of fused-ring (bicyclic) bond motifs is 1. The van der Waals surface area contributed by atoms with Crippen LogP contribution in [0.3, 0.4) is 0 Å². The molecule has 0 unspecified atom stereocenters. The summed E-state index contributed by atoms with van der Waals surface area (Å²) in [5, 5.41) is 19.9. The molecule has 12 nitrogen and oxygen atoms in total. The van der Waals surface area contributed by atoms with Gasteiger partial charge in [-0.05, 0) is 73.2 Å². The van der Waals surface area contributed by atoms with Gasteiger partial charge in [0.05, 0.1) is 63.0 Å². The Balaban J connectivity index is 1.42. The Kier molecular flexibility index (Phi) is 12.3. The molecule has 2 aromatic rings. The first-order valence-electron chi connectivity index (χ1n) is 15.0. The molecule has 0 radical (unpaired) electrons. The second-order valence-corrected chi connectivity index (χ2v) is 10.8. The average molecular weight is 639 g/mol. The van der Waals surface area contributed by atoms with Crippen LogP contribution in [0.5, 0.6) is 11.5 Å². The smallest absolute Gasteiger partial charge is 0.335 e. The number of carbonyl (C=O) groups excluding carboxylic acids is 2. The van der Waals surface area contributed by atoms with Gasteiger partial charge in [0.2, 0.25) is 0 Å². The number of unbranched alkanes of at least 4 members (excludes halogenated alkanes) is 2. The van der Waals surface area contributed by atoms with Crippen LogP contribution >= 0.6 is 0 Å². The maximum atomic E-state index is 12.1. The van der Waals surface area contributed by atoms with Crippen molar-refractivity contribution in [3.63, 3.8) is 0 Å². The van der Waals surface area contributed by atoms with Gasteiger partial charge in [-0.25, -0.2) is 19.2 Å². The van der Waals surface area contributed by atoms with Gasteiger partial charge in [0.15, 0.2) is 0 Å². The molecule has 0 saturated carbocycles. The molecular formula is C34H38O12. The summed E-state index contributed by atoms with van der Waals surface area (Å²) in [6.07, 6.45) is 3.59. The van der Waals surface area contributed by atoms with Crippen molar-refractivity contribution in [3.05, 3.63) is 84.0 Å². The molecule has 2 aromatic carbocycles. The molecule has 2 fully saturated rings. The van der Waals surface area contributed by atoms with Gasteiger partial charge in [0, 0.05) is 24.0 Å². The van der Waals surface area contributed by atoms with Crippen molar-refractivity contribution in [2.45, 2.75) is 49.7 Å². The van der Waals surface area contributed by atoms with Crippen LogP contribution < -0.4 is 9.47 Å². The van der Waals surface area contributed by atoms with Crippen molar-refractivity contribution in [1.29, 1.82) is 0 Å². The number of carboxylic acid groups (broad SMARTS) is 2. The number of benzene rings is 2. The van der Waals surface area contributed by atoms with Gasteiger partial charge in [-0.15, -0.1) is 0 Å². The molecule has 2 aliphatic heterocycles. The first-order chi connectivity index (χ1) is 22.2. The van der Waals surface area contributed by atoms with E-state index in [2.05, 4.69) is 13.2 Å². The fourth-order valence-corrected chi connectivity index (χ4v) is 5.55. The molecule has 4 atom stereocenters. The predicted octanol–water partition coefficient (Wildman–Crippen LogP) is 4.52. The monoisotopic (exact) mass is 638 g/mol. The van der Waals surface area contributed by atoms with Gasteiger partial charge < -0.3 is 38.6 Å². The Morgan fingerprint density at radius 1 is 0.674 bits per heavy atom. The number of ether oxygens (including phenoxy) is 6. The summed E-state index contributed by atoms with van der Waals surface area (Å²) in [4.78, 5) is 46.6. The number of hydrogen-bond donors (Lipinski definition) is 2. The highest BCUT2D eigenvalue weighted by Crippen LogP contribution is 2.46. The molecule has 0 amide bonds. The van der Waals surface area contributed by atoms with Crippen LogP contribution in [0.1, 0.15) is 69.4 Å². The van der Waals surface area contributed by atoms with E-state index in [-0.39, 0.29) is 37.6 Å². The van der Waals surface area contributed by atoms with E-state index in [1.165, 1.54) is 12.1 Å². The molecule has 2 heterocycles. The number of rotatable bonds is 18. The van der Waals surface area contributed by atoms with Gasteiger partial charge >= 0.3 is 23.9 Å². The van der Waals surface area contributed by atoms with Gasteiger partial charge in [-0.2, -0.15) is 0 Å². The zero-order valence-electron chi connectivity index (χ0n) is 25.4. The van der Waals surface area contributed by atoms with Crippen molar-refractivity contribution in [2.75, 3.05) is 39.6 Å². The fraction of sp³-hybridized carbons (Fsp3) is 0.412. The van der Waals surface area contributed by atoms with Crippen LogP contribution in [0.4, 0.5) is 0 Å². The van der Waals surface area contributed by atoms with Crippen LogP contribution in [0, 0.1) is 0 Å². The van der Waals surface area contributed by atoms with Crippen molar-refractivity contribution >= 4 is 23.9 Å². The molecule has 46 heavy (non-hydrogen) atoms. The van der Waals surface area contributed by atoms with Crippen LogP contribution in [0.2, 0.25) is 0 Å². The van der Waals surface area contributed by atoms with Gasteiger partial charge in [-0.1, -0.05) is 13.2 Å². The van der Waals surface area contributed by atoms with E-state index >= 15 is 0 Å². The lowest BCUT2D eigenvalue weighted by Gasteiger charge is -2.20. The Labute approximate surface area is 266 Å². The Morgan fingerprint density at radius 2 is 1.07 bits per heavy atom. The molecule has 0 bridgehead atoms. The van der Waals surface area contributed by atoms with E-state index < -0.39 is 47.9 Å². The predicted molar refractivity (Wildman–Crippen MR) is 164 cm³/mol. The minimum atomic E-state index is -1.10. The Bertz CT molecular complexity index is 1330. The third-order valence-corrected chi connectivity index (χ3v) is 7.80. The van der Waals surface area contributed by atoms with Crippen molar-refractivity contribution in [1.82, 2.24) is 0 Å². The normalized spacial score (nSPS) is 19.9. The van der Waals surface area contributed by atoms with Crippen molar-refractivity contribution < 1.29 is 57.8 Å². The van der Waals surface area contributed by atoms with E-state index in [1.54, 1.807) is 24.3 Å². The van der Waals surface area contributed by atoms with E-state index in [4.69, 9.17) is 28.4 Å². The summed E-state index contributed by atoms with van der Waals surface area (Å²) < 4.78 is 34.0. The van der Waals surface area contributed by atoms with Crippen LogP contribution in [-0.2, 0) is 28.5 Å². The fourth-order valence-electron chi connectivity index (χ4n) is 5.55. The van der Waals surface area contributed by atoms with Gasteiger partial charge in [0.1, 0.15) is 11.5 Å². The minimum Gasteiger partial charge on any atom is -0.494 e. The third kappa shape index (κ3) is 8.73. The zero-order valence-corrected chi connectivity index (χ0v) is 25.4. The summed E-state index contributed by atoms with van der Waals surface area (Å²) in [7, 11) is 0. The molecule has 2 saturated heterocycles. The van der Waals surface area contributed by atoms with E-state index in [0.29, 0.717) is 61.5 Å². The van der Waals surface area contributed by atoms with Gasteiger partial charge in [0.25, 0.3) is 0 Å². The highest BCUT2D eigenvalue weighted by molar-refractivity contribution is 5.90. The number of hydrogen-bond acceptors (Lipinski definition) is 10. The largest absolute Gasteiger partial charge is 0.494 e. The average Bonchev–Trinajstić information content (AvgIpc) is 3.66. The summed E-state index contributed by atoms with van der Waals surface area (Å²) in [5.74, 6) is -3.05. The molecule has 0 aromatic heterocycles.